The zero-order valence-corrected chi connectivity index (χ0v) is 9.32. The lowest BCUT2D eigenvalue weighted by atomic mass is 10.2. The van der Waals surface area contributed by atoms with Gasteiger partial charge in [0.1, 0.15) is 11.5 Å². The molecule has 0 saturated carbocycles. The third-order valence-electron chi connectivity index (χ3n) is 1.67. The lowest BCUT2D eigenvalue weighted by Gasteiger charge is -1.87. The number of rotatable bonds is 1. The Hall–Kier alpha value is -0.850. The van der Waals surface area contributed by atoms with Gasteiger partial charge in [0.25, 0.3) is 9.79 Å². The van der Waals surface area contributed by atoms with Gasteiger partial charge in [-0.1, -0.05) is 0 Å². The SMILES string of the molecule is Cc1cc(-c2nnc(I)o2)c(C)o1. The van der Waals surface area contributed by atoms with Gasteiger partial charge in [-0.25, -0.2) is 0 Å². The Bertz CT molecular complexity index is 433. The van der Waals surface area contributed by atoms with E-state index in [9.17, 15) is 0 Å². The molecule has 0 amide bonds. The summed E-state index contributed by atoms with van der Waals surface area (Å²) in [6.45, 7) is 3.76. The maximum atomic E-state index is 5.35. The maximum Gasteiger partial charge on any atom is 0.278 e. The van der Waals surface area contributed by atoms with Crippen LogP contribution in [0.15, 0.2) is 14.9 Å². The fourth-order valence-corrected chi connectivity index (χ4v) is 1.47. The molecule has 2 aromatic heterocycles. The van der Waals surface area contributed by atoms with Crippen LogP contribution in [0, 0.1) is 17.7 Å². The molecule has 0 radical (unpaired) electrons. The first-order valence-electron chi connectivity index (χ1n) is 3.73. The Balaban J connectivity index is 2.51. The molecule has 0 unspecified atom stereocenters. The van der Waals surface area contributed by atoms with Gasteiger partial charge in [0.15, 0.2) is 0 Å². The van der Waals surface area contributed by atoms with Crippen molar-refractivity contribution < 1.29 is 8.83 Å². The van der Waals surface area contributed by atoms with Crippen LogP contribution in [-0.4, -0.2) is 10.2 Å². The molecule has 4 nitrogen and oxygen atoms in total. The summed E-state index contributed by atoms with van der Waals surface area (Å²) in [6.07, 6.45) is 0. The molecule has 0 aliphatic carbocycles. The minimum absolute atomic E-state index is 0.513. The number of nitrogens with zero attached hydrogens (tertiary/aromatic N) is 2. The minimum atomic E-state index is 0.513. The highest BCUT2D eigenvalue weighted by atomic mass is 127. The summed E-state index contributed by atoms with van der Waals surface area (Å²) in [5.74, 6) is 2.16. The van der Waals surface area contributed by atoms with Crippen molar-refractivity contribution >= 4 is 22.6 Å². The van der Waals surface area contributed by atoms with Crippen molar-refractivity contribution in [2.45, 2.75) is 13.8 Å². The molecular formula is C8H7IN2O2. The Kier molecular flexibility index (Phi) is 2.10. The quantitative estimate of drug-likeness (QED) is 0.757. The monoisotopic (exact) mass is 290 g/mol. The van der Waals surface area contributed by atoms with E-state index >= 15 is 0 Å². The lowest BCUT2D eigenvalue weighted by molar-refractivity contribution is 0.500. The van der Waals surface area contributed by atoms with Gasteiger partial charge in [0.05, 0.1) is 5.56 Å². The molecule has 5 heteroatoms. The number of aromatic nitrogens is 2. The summed E-state index contributed by atoms with van der Waals surface area (Å²) < 4.78 is 11.1. The first-order chi connectivity index (χ1) is 6.16. The summed E-state index contributed by atoms with van der Waals surface area (Å²) in [7, 11) is 0. The largest absolute Gasteiger partial charge is 0.466 e. The number of hydrogen-bond acceptors (Lipinski definition) is 4. The van der Waals surface area contributed by atoms with Crippen LogP contribution in [0.3, 0.4) is 0 Å². The van der Waals surface area contributed by atoms with Crippen LogP contribution in [-0.2, 0) is 0 Å². The number of aryl methyl sites for hydroxylation is 2. The number of hydrogen-bond donors (Lipinski definition) is 0. The number of furan rings is 1. The third-order valence-corrected chi connectivity index (χ3v) is 2.11. The molecule has 0 fully saturated rings. The van der Waals surface area contributed by atoms with Crippen LogP contribution in [0.1, 0.15) is 11.5 Å². The molecule has 0 spiro atoms. The summed E-state index contributed by atoms with van der Waals surface area (Å²) in [4.78, 5) is 0. The van der Waals surface area contributed by atoms with E-state index in [0.29, 0.717) is 9.79 Å². The first kappa shape index (κ1) is 8.74. The van der Waals surface area contributed by atoms with Crippen LogP contribution in [0.4, 0.5) is 0 Å². The third kappa shape index (κ3) is 1.60. The van der Waals surface area contributed by atoms with Crippen molar-refractivity contribution in [1.82, 2.24) is 10.2 Å². The summed E-state index contributed by atoms with van der Waals surface area (Å²) in [5, 5.41) is 7.65. The molecule has 2 rings (SSSR count). The fraction of sp³-hybridized carbons (Fsp3) is 0.250. The van der Waals surface area contributed by atoms with E-state index in [1.807, 2.05) is 42.5 Å². The zero-order valence-electron chi connectivity index (χ0n) is 7.17. The molecular weight excluding hydrogens is 283 g/mol. The highest BCUT2D eigenvalue weighted by Crippen LogP contribution is 2.25. The lowest BCUT2D eigenvalue weighted by Crippen LogP contribution is -1.76. The molecule has 2 aromatic rings. The highest BCUT2D eigenvalue weighted by Gasteiger charge is 2.12. The van der Waals surface area contributed by atoms with Crippen LogP contribution >= 0.6 is 22.6 Å². The second-order valence-corrected chi connectivity index (χ2v) is 3.61. The summed E-state index contributed by atoms with van der Waals surface area (Å²) in [6, 6.07) is 1.89. The number of halogens is 1. The average molecular weight is 290 g/mol. The van der Waals surface area contributed by atoms with Crippen molar-refractivity contribution in [3.05, 3.63) is 21.5 Å². The predicted octanol–water partition coefficient (Wildman–Crippen LogP) is 2.55. The molecule has 2 heterocycles. The van der Waals surface area contributed by atoms with Gasteiger partial charge in [-0.2, -0.15) is 0 Å². The van der Waals surface area contributed by atoms with E-state index < -0.39 is 0 Å². The molecule has 68 valence electrons. The van der Waals surface area contributed by atoms with Gasteiger partial charge in [0.2, 0.25) is 0 Å². The van der Waals surface area contributed by atoms with Gasteiger partial charge in [-0.05, 0) is 19.9 Å². The molecule has 0 aromatic carbocycles. The predicted molar refractivity (Wildman–Crippen MR) is 54.2 cm³/mol. The molecule has 0 aliphatic rings. The van der Waals surface area contributed by atoms with Gasteiger partial charge in [-0.15, -0.1) is 10.2 Å². The highest BCUT2D eigenvalue weighted by molar-refractivity contribution is 14.1. The first-order valence-corrected chi connectivity index (χ1v) is 4.81. The van der Waals surface area contributed by atoms with Gasteiger partial charge in [0, 0.05) is 22.6 Å². The molecule has 0 aliphatic heterocycles. The Labute approximate surface area is 88.5 Å². The van der Waals surface area contributed by atoms with Crippen LogP contribution < -0.4 is 0 Å². The van der Waals surface area contributed by atoms with Crippen molar-refractivity contribution in [2.24, 2.45) is 0 Å². The van der Waals surface area contributed by atoms with Gasteiger partial charge >= 0.3 is 0 Å². The van der Waals surface area contributed by atoms with Gasteiger partial charge in [-0.3, -0.25) is 0 Å². The summed E-state index contributed by atoms with van der Waals surface area (Å²) in [5.41, 5.74) is 0.868. The maximum absolute atomic E-state index is 5.35. The molecule has 0 atom stereocenters. The molecule has 0 N–H and O–H groups in total. The smallest absolute Gasteiger partial charge is 0.278 e. The van der Waals surface area contributed by atoms with Gasteiger partial charge < -0.3 is 8.83 Å². The second-order valence-electron chi connectivity index (χ2n) is 2.69. The van der Waals surface area contributed by atoms with E-state index in [2.05, 4.69) is 10.2 Å². The molecule has 0 saturated heterocycles. The molecule has 13 heavy (non-hydrogen) atoms. The Morgan fingerprint density at radius 3 is 2.46 bits per heavy atom. The van der Waals surface area contributed by atoms with Crippen molar-refractivity contribution in [2.75, 3.05) is 0 Å². The van der Waals surface area contributed by atoms with E-state index in [4.69, 9.17) is 8.83 Å². The average Bonchev–Trinajstić information content (AvgIpc) is 2.58. The van der Waals surface area contributed by atoms with E-state index in [1.165, 1.54) is 0 Å². The van der Waals surface area contributed by atoms with Crippen molar-refractivity contribution in [3.63, 3.8) is 0 Å². The van der Waals surface area contributed by atoms with Crippen molar-refractivity contribution in [3.8, 4) is 11.5 Å². The second kappa shape index (κ2) is 3.13. The zero-order chi connectivity index (χ0) is 9.42. The van der Waals surface area contributed by atoms with Crippen LogP contribution in [0.2, 0.25) is 0 Å². The van der Waals surface area contributed by atoms with E-state index in [-0.39, 0.29) is 0 Å². The summed E-state index contributed by atoms with van der Waals surface area (Å²) >= 11 is 1.98. The normalized spacial score (nSPS) is 10.7. The van der Waals surface area contributed by atoms with Crippen LogP contribution in [0.5, 0.6) is 0 Å². The van der Waals surface area contributed by atoms with E-state index in [1.54, 1.807) is 0 Å². The Morgan fingerprint density at radius 2 is 2.00 bits per heavy atom. The van der Waals surface area contributed by atoms with Crippen molar-refractivity contribution in [1.29, 1.82) is 0 Å². The topological polar surface area (TPSA) is 52.1 Å². The Morgan fingerprint density at radius 1 is 1.23 bits per heavy atom. The van der Waals surface area contributed by atoms with Crippen LogP contribution in [0.25, 0.3) is 11.5 Å². The van der Waals surface area contributed by atoms with E-state index in [0.717, 1.165) is 17.1 Å². The minimum Gasteiger partial charge on any atom is -0.466 e. The standard InChI is InChI=1S/C8H7IN2O2/c1-4-3-6(5(2)12-4)7-10-11-8(9)13-7/h3H,1-2H3. The fourth-order valence-electron chi connectivity index (χ4n) is 1.16. The molecule has 0 bridgehead atoms.